The van der Waals surface area contributed by atoms with Gasteiger partial charge in [-0.1, -0.05) is 6.07 Å². The molecule has 2 N–H and O–H groups in total. The summed E-state index contributed by atoms with van der Waals surface area (Å²) in [5.41, 5.74) is 9.00. The molecule has 0 heterocycles. The normalized spacial score (nSPS) is 17.9. The molecular formula is C13H18FN. The van der Waals surface area contributed by atoms with Gasteiger partial charge in [-0.15, -0.1) is 0 Å². The van der Waals surface area contributed by atoms with Crippen molar-refractivity contribution in [2.45, 2.75) is 45.1 Å². The van der Waals surface area contributed by atoms with Crippen LogP contribution in [-0.4, -0.2) is 5.54 Å². The van der Waals surface area contributed by atoms with E-state index < -0.39 is 0 Å². The first-order valence-corrected chi connectivity index (χ1v) is 5.55. The van der Waals surface area contributed by atoms with Crippen LogP contribution in [0.25, 0.3) is 0 Å². The van der Waals surface area contributed by atoms with Gasteiger partial charge in [0, 0.05) is 5.54 Å². The number of rotatable bonds is 3. The second-order valence-corrected chi connectivity index (χ2v) is 4.89. The maximum absolute atomic E-state index is 13.6. The van der Waals surface area contributed by atoms with E-state index in [9.17, 15) is 4.39 Å². The second kappa shape index (κ2) is 3.60. The summed E-state index contributed by atoms with van der Waals surface area (Å²) in [6.45, 7) is 3.96. The molecule has 1 saturated carbocycles. The highest BCUT2D eigenvalue weighted by atomic mass is 19.1. The van der Waals surface area contributed by atoms with Crippen LogP contribution in [0, 0.1) is 19.7 Å². The van der Waals surface area contributed by atoms with E-state index in [2.05, 4.69) is 0 Å². The van der Waals surface area contributed by atoms with E-state index in [4.69, 9.17) is 5.73 Å². The third kappa shape index (κ3) is 2.37. The lowest BCUT2D eigenvalue weighted by molar-refractivity contribution is 0.570. The molecule has 0 bridgehead atoms. The average molecular weight is 207 g/mol. The zero-order valence-corrected chi connectivity index (χ0v) is 9.44. The van der Waals surface area contributed by atoms with Crippen molar-refractivity contribution in [3.05, 3.63) is 34.6 Å². The Morgan fingerprint density at radius 2 is 1.87 bits per heavy atom. The topological polar surface area (TPSA) is 26.0 Å². The summed E-state index contributed by atoms with van der Waals surface area (Å²) in [7, 11) is 0. The summed E-state index contributed by atoms with van der Waals surface area (Å²) in [4.78, 5) is 0. The third-order valence-corrected chi connectivity index (χ3v) is 3.45. The molecule has 1 nitrogen and oxygen atoms in total. The Balaban J connectivity index is 2.10. The quantitative estimate of drug-likeness (QED) is 0.810. The lowest BCUT2D eigenvalue weighted by Gasteiger charge is -2.10. The fraction of sp³-hybridized carbons (Fsp3) is 0.538. The predicted octanol–water partition coefficient (Wildman–Crippen LogP) is 2.87. The number of aryl methyl sites for hydroxylation is 3. The molecule has 1 aromatic carbocycles. The molecule has 2 heteroatoms. The van der Waals surface area contributed by atoms with Gasteiger partial charge in [-0.2, -0.15) is 0 Å². The Morgan fingerprint density at radius 1 is 1.27 bits per heavy atom. The van der Waals surface area contributed by atoms with E-state index in [1.54, 1.807) is 6.07 Å². The van der Waals surface area contributed by atoms with Gasteiger partial charge in [0.15, 0.2) is 0 Å². The molecule has 0 atom stereocenters. The second-order valence-electron chi connectivity index (χ2n) is 4.89. The van der Waals surface area contributed by atoms with Crippen LogP contribution in [-0.2, 0) is 6.42 Å². The van der Waals surface area contributed by atoms with Gasteiger partial charge in [0.05, 0.1) is 0 Å². The molecule has 1 aliphatic carbocycles. The van der Waals surface area contributed by atoms with Crippen LogP contribution in [0.4, 0.5) is 4.39 Å². The number of benzene rings is 1. The van der Waals surface area contributed by atoms with Crippen molar-refractivity contribution in [3.63, 3.8) is 0 Å². The van der Waals surface area contributed by atoms with Crippen molar-refractivity contribution in [2.75, 3.05) is 0 Å². The summed E-state index contributed by atoms with van der Waals surface area (Å²) in [6.07, 6.45) is 3.87. The van der Waals surface area contributed by atoms with E-state index in [1.807, 2.05) is 19.9 Å². The Bertz CT molecular complexity index is 380. The summed E-state index contributed by atoms with van der Waals surface area (Å²) >= 11 is 0. The molecule has 0 unspecified atom stereocenters. The van der Waals surface area contributed by atoms with Gasteiger partial charge in [0.25, 0.3) is 0 Å². The zero-order chi connectivity index (χ0) is 11.1. The third-order valence-electron chi connectivity index (χ3n) is 3.45. The van der Waals surface area contributed by atoms with Crippen LogP contribution >= 0.6 is 0 Å². The van der Waals surface area contributed by atoms with Crippen molar-refractivity contribution in [3.8, 4) is 0 Å². The van der Waals surface area contributed by atoms with Crippen LogP contribution in [0.3, 0.4) is 0 Å². The van der Waals surface area contributed by atoms with E-state index in [-0.39, 0.29) is 11.4 Å². The highest BCUT2D eigenvalue weighted by Gasteiger charge is 2.37. The molecule has 0 saturated heterocycles. The van der Waals surface area contributed by atoms with Crippen LogP contribution in [0.1, 0.15) is 36.0 Å². The van der Waals surface area contributed by atoms with Crippen LogP contribution < -0.4 is 5.73 Å². The van der Waals surface area contributed by atoms with Gasteiger partial charge in [-0.05, 0) is 62.3 Å². The van der Waals surface area contributed by atoms with E-state index in [0.717, 1.165) is 42.4 Å². The van der Waals surface area contributed by atoms with E-state index >= 15 is 0 Å². The van der Waals surface area contributed by atoms with Gasteiger partial charge < -0.3 is 5.73 Å². The first-order chi connectivity index (χ1) is 7.00. The lowest BCUT2D eigenvalue weighted by atomic mass is 9.99. The number of hydrogen-bond donors (Lipinski definition) is 1. The first kappa shape index (κ1) is 10.6. The number of halogens is 1. The highest BCUT2D eigenvalue weighted by molar-refractivity contribution is 5.31. The monoisotopic (exact) mass is 207 g/mol. The minimum Gasteiger partial charge on any atom is -0.325 e. The van der Waals surface area contributed by atoms with Crippen LogP contribution in [0.15, 0.2) is 12.1 Å². The minimum absolute atomic E-state index is 0.0191. The van der Waals surface area contributed by atoms with E-state index in [1.165, 1.54) is 0 Å². The summed E-state index contributed by atoms with van der Waals surface area (Å²) < 4.78 is 13.6. The Kier molecular flexibility index (Phi) is 2.55. The van der Waals surface area contributed by atoms with Gasteiger partial charge >= 0.3 is 0 Å². The standard InChI is InChI=1S/C13H18FN/c1-9-7-11(12(14)8-10(9)2)3-4-13(15)5-6-13/h7-8H,3-6,15H2,1-2H3. The fourth-order valence-electron chi connectivity index (χ4n) is 1.83. The maximum atomic E-state index is 13.6. The van der Waals surface area contributed by atoms with Crippen molar-refractivity contribution in [1.82, 2.24) is 0 Å². The van der Waals surface area contributed by atoms with Gasteiger partial charge in [-0.25, -0.2) is 4.39 Å². The summed E-state index contributed by atoms with van der Waals surface area (Å²) in [5.74, 6) is -0.0812. The largest absolute Gasteiger partial charge is 0.325 e. The maximum Gasteiger partial charge on any atom is 0.126 e. The molecule has 15 heavy (non-hydrogen) atoms. The molecule has 1 aromatic rings. The highest BCUT2D eigenvalue weighted by Crippen LogP contribution is 2.36. The van der Waals surface area contributed by atoms with Gasteiger partial charge in [0.1, 0.15) is 5.82 Å². The van der Waals surface area contributed by atoms with Gasteiger partial charge in [0.2, 0.25) is 0 Å². The average Bonchev–Trinajstić information content (AvgIpc) is 2.89. The number of nitrogens with two attached hydrogens (primary N) is 1. The molecule has 0 aliphatic heterocycles. The summed E-state index contributed by atoms with van der Waals surface area (Å²) in [6, 6.07) is 3.58. The molecular weight excluding hydrogens is 189 g/mol. The molecule has 0 spiro atoms. The van der Waals surface area contributed by atoms with Crippen molar-refractivity contribution < 1.29 is 4.39 Å². The Hall–Kier alpha value is -0.890. The van der Waals surface area contributed by atoms with E-state index in [0.29, 0.717) is 0 Å². The number of hydrogen-bond acceptors (Lipinski definition) is 1. The zero-order valence-electron chi connectivity index (χ0n) is 9.44. The molecule has 1 fully saturated rings. The summed E-state index contributed by atoms with van der Waals surface area (Å²) in [5, 5.41) is 0. The van der Waals surface area contributed by atoms with Crippen LogP contribution in [0.2, 0.25) is 0 Å². The van der Waals surface area contributed by atoms with Crippen molar-refractivity contribution >= 4 is 0 Å². The van der Waals surface area contributed by atoms with Crippen LogP contribution in [0.5, 0.6) is 0 Å². The Morgan fingerprint density at radius 3 is 2.47 bits per heavy atom. The van der Waals surface area contributed by atoms with Gasteiger partial charge in [-0.3, -0.25) is 0 Å². The minimum atomic E-state index is -0.0812. The molecule has 82 valence electrons. The smallest absolute Gasteiger partial charge is 0.126 e. The predicted molar refractivity (Wildman–Crippen MR) is 60.3 cm³/mol. The molecule has 0 amide bonds. The molecule has 0 radical (unpaired) electrons. The van der Waals surface area contributed by atoms with Crippen molar-refractivity contribution in [2.24, 2.45) is 5.73 Å². The molecule has 2 rings (SSSR count). The fourth-order valence-corrected chi connectivity index (χ4v) is 1.83. The molecule has 1 aliphatic rings. The first-order valence-electron chi connectivity index (χ1n) is 5.55. The SMILES string of the molecule is Cc1cc(F)c(CCC2(N)CC2)cc1C. The van der Waals surface area contributed by atoms with Crippen molar-refractivity contribution in [1.29, 1.82) is 0 Å². The molecule has 0 aromatic heterocycles. The lowest BCUT2D eigenvalue weighted by Crippen LogP contribution is -2.22. The Labute approximate surface area is 90.5 Å².